The van der Waals surface area contributed by atoms with E-state index in [4.69, 9.17) is 4.42 Å². The van der Waals surface area contributed by atoms with E-state index < -0.39 is 12.0 Å². The van der Waals surface area contributed by atoms with Gasteiger partial charge in [0.05, 0.1) is 12.1 Å². The number of hydrogen-bond acceptors (Lipinski definition) is 5. The fourth-order valence-electron chi connectivity index (χ4n) is 3.59. The van der Waals surface area contributed by atoms with Crippen LogP contribution in [0.25, 0.3) is 0 Å². The minimum atomic E-state index is -0.813. The van der Waals surface area contributed by atoms with Gasteiger partial charge in [-0.25, -0.2) is 4.98 Å². The molecule has 4 atom stereocenters. The van der Waals surface area contributed by atoms with E-state index in [0.29, 0.717) is 25.4 Å². The van der Waals surface area contributed by atoms with Crippen LogP contribution in [0.3, 0.4) is 0 Å². The smallest absolute Gasteiger partial charge is 0.320 e. The van der Waals surface area contributed by atoms with Crippen LogP contribution in [0.5, 0.6) is 0 Å². The van der Waals surface area contributed by atoms with Crippen molar-refractivity contribution in [3.8, 4) is 0 Å². The third-order valence-electron chi connectivity index (χ3n) is 4.76. The van der Waals surface area contributed by atoms with Gasteiger partial charge in [0.1, 0.15) is 12.3 Å². The van der Waals surface area contributed by atoms with Crippen molar-refractivity contribution in [3.63, 3.8) is 0 Å². The summed E-state index contributed by atoms with van der Waals surface area (Å²) in [6, 6.07) is -0.525. The SMILES string of the molecule is CCCC(CN1C[C@H](c2ncco2)C[C@@H]1C(=O)O)C(C)NC(C)=O. The highest BCUT2D eigenvalue weighted by Gasteiger charge is 2.40. The molecule has 0 spiro atoms. The number of carbonyl (C=O) groups excluding carboxylic acids is 1. The van der Waals surface area contributed by atoms with Crippen molar-refractivity contribution >= 4 is 11.9 Å². The lowest BCUT2D eigenvalue weighted by Crippen LogP contribution is -2.45. The average molecular weight is 337 g/mol. The molecule has 2 unspecified atom stereocenters. The van der Waals surface area contributed by atoms with Crippen molar-refractivity contribution in [2.75, 3.05) is 13.1 Å². The third kappa shape index (κ3) is 4.56. The Balaban J connectivity index is 2.08. The molecule has 2 heterocycles. The largest absolute Gasteiger partial charge is 0.480 e. The van der Waals surface area contributed by atoms with Crippen LogP contribution in [0.4, 0.5) is 0 Å². The van der Waals surface area contributed by atoms with Crippen LogP contribution < -0.4 is 5.32 Å². The minimum Gasteiger partial charge on any atom is -0.480 e. The Morgan fingerprint density at radius 3 is 2.83 bits per heavy atom. The number of rotatable bonds is 8. The normalized spacial score (nSPS) is 23.8. The molecule has 2 rings (SSSR count). The summed E-state index contributed by atoms with van der Waals surface area (Å²) in [7, 11) is 0. The number of carboxylic acid groups (broad SMARTS) is 1. The van der Waals surface area contributed by atoms with Crippen LogP contribution in [0.1, 0.15) is 51.8 Å². The van der Waals surface area contributed by atoms with Crippen molar-refractivity contribution in [1.29, 1.82) is 0 Å². The van der Waals surface area contributed by atoms with Crippen molar-refractivity contribution in [2.45, 2.75) is 58.0 Å². The number of aliphatic carboxylic acids is 1. The maximum absolute atomic E-state index is 11.7. The second-order valence-corrected chi connectivity index (χ2v) is 6.65. The Bertz CT molecular complexity index is 546. The van der Waals surface area contributed by atoms with E-state index in [1.165, 1.54) is 13.2 Å². The van der Waals surface area contributed by atoms with Gasteiger partial charge >= 0.3 is 5.97 Å². The molecule has 24 heavy (non-hydrogen) atoms. The second kappa shape index (κ2) is 8.28. The highest BCUT2D eigenvalue weighted by Crippen LogP contribution is 2.32. The Morgan fingerprint density at radius 1 is 1.54 bits per heavy atom. The Morgan fingerprint density at radius 2 is 2.29 bits per heavy atom. The molecule has 1 saturated heterocycles. The molecule has 0 aromatic carbocycles. The predicted molar refractivity (Wildman–Crippen MR) is 88.5 cm³/mol. The van der Waals surface area contributed by atoms with Gasteiger partial charge in [-0.1, -0.05) is 13.3 Å². The first-order valence-corrected chi connectivity index (χ1v) is 8.55. The topological polar surface area (TPSA) is 95.7 Å². The summed E-state index contributed by atoms with van der Waals surface area (Å²) < 4.78 is 5.36. The zero-order valence-corrected chi connectivity index (χ0v) is 14.6. The van der Waals surface area contributed by atoms with Gasteiger partial charge in [0.25, 0.3) is 0 Å². The quantitative estimate of drug-likeness (QED) is 0.752. The monoisotopic (exact) mass is 337 g/mol. The highest BCUT2D eigenvalue weighted by atomic mass is 16.4. The van der Waals surface area contributed by atoms with Gasteiger partial charge in [-0.2, -0.15) is 0 Å². The Hall–Kier alpha value is -1.89. The molecule has 7 nitrogen and oxygen atoms in total. The minimum absolute atomic E-state index is 0.000510. The van der Waals surface area contributed by atoms with Crippen LogP contribution >= 0.6 is 0 Å². The number of amides is 1. The number of nitrogens with one attached hydrogen (secondary N) is 1. The highest BCUT2D eigenvalue weighted by molar-refractivity contribution is 5.74. The van der Waals surface area contributed by atoms with E-state index in [1.54, 1.807) is 6.20 Å². The summed E-state index contributed by atoms with van der Waals surface area (Å²) >= 11 is 0. The molecular weight excluding hydrogens is 310 g/mol. The van der Waals surface area contributed by atoms with Gasteiger partial charge in [-0.3, -0.25) is 14.5 Å². The molecule has 2 N–H and O–H groups in total. The van der Waals surface area contributed by atoms with Gasteiger partial charge in [0.2, 0.25) is 5.91 Å². The number of carboxylic acids is 1. The van der Waals surface area contributed by atoms with Crippen LogP contribution in [0.2, 0.25) is 0 Å². The maximum Gasteiger partial charge on any atom is 0.320 e. The van der Waals surface area contributed by atoms with E-state index >= 15 is 0 Å². The van der Waals surface area contributed by atoms with Gasteiger partial charge < -0.3 is 14.8 Å². The summed E-state index contributed by atoms with van der Waals surface area (Å²) in [4.78, 5) is 29.2. The van der Waals surface area contributed by atoms with Gasteiger partial charge in [0, 0.05) is 26.1 Å². The lowest BCUT2D eigenvalue weighted by molar-refractivity contribution is -0.142. The Labute approximate surface area is 142 Å². The molecule has 7 heteroatoms. The van der Waals surface area contributed by atoms with Crippen molar-refractivity contribution in [1.82, 2.24) is 15.2 Å². The zero-order valence-electron chi connectivity index (χ0n) is 14.6. The number of oxazole rings is 1. The molecule has 1 aromatic rings. The number of likely N-dealkylation sites (tertiary alicyclic amines) is 1. The molecule has 0 aliphatic carbocycles. The molecule has 0 bridgehead atoms. The molecular formula is C17H27N3O4. The van der Waals surface area contributed by atoms with Crippen LogP contribution in [0, 0.1) is 5.92 Å². The second-order valence-electron chi connectivity index (χ2n) is 6.65. The first-order valence-electron chi connectivity index (χ1n) is 8.55. The van der Waals surface area contributed by atoms with E-state index in [1.807, 2.05) is 11.8 Å². The van der Waals surface area contributed by atoms with Crippen molar-refractivity contribution in [2.24, 2.45) is 5.92 Å². The molecule has 0 radical (unpaired) electrons. The maximum atomic E-state index is 11.7. The molecule has 1 aliphatic rings. The lowest BCUT2D eigenvalue weighted by atomic mass is 9.95. The molecule has 1 fully saturated rings. The molecule has 0 saturated carbocycles. The van der Waals surface area contributed by atoms with Crippen LogP contribution in [0.15, 0.2) is 16.9 Å². The number of carbonyl (C=O) groups is 2. The average Bonchev–Trinajstić information content (AvgIpc) is 3.15. The van der Waals surface area contributed by atoms with Gasteiger partial charge in [0.15, 0.2) is 5.89 Å². The number of hydrogen-bond donors (Lipinski definition) is 2. The Kier molecular flexibility index (Phi) is 6.36. The third-order valence-corrected chi connectivity index (χ3v) is 4.76. The number of nitrogens with zero attached hydrogens (tertiary/aromatic N) is 2. The van der Waals surface area contributed by atoms with Crippen molar-refractivity contribution in [3.05, 3.63) is 18.4 Å². The fraction of sp³-hybridized carbons (Fsp3) is 0.706. The molecule has 1 amide bonds. The summed E-state index contributed by atoms with van der Waals surface area (Å²) in [6.07, 6.45) is 5.54. The fourth-order valence-corrected chi connectivity index (χ4v) is 3.59. The van der Waals surface area contributed by atoms with Gasteiger partial charge in [-0.15, -0.1) is 0 Å². The first kappa shape index (κ1) is 18.4. The summed E-state index contributed by atoms with van der Waals surface area (Å²) in [6.45, 7) is 6.85. The molecule has 134 valence electrons. The first-order chi connectivity index (χ1) is 11.4. The molecule has 1 aromatic heterocycles. The summed E-state index contributed by atoms with van der Waals surface area (Å²) in [5.74, 6) is -0.0573. The van der Waals surface area contributed by atoms with E-state index in [9.17, 15) is 14.7 Å². The lowest BCUT2D eigenvalue weighted by Gasteiger charge is -2.30. The predicted octanol–water partition coefficient (Wildman–Crippen LogP) is 1.86. The van der Waals surface area contributed by atoms with E-state index in [0.717, 1.165) is 12.8 Å². The van der Waals surface area contributed by atoms with Gasteiger partial charge in [-0.05, 0) is 25.7 Å². The zero-order chi connectivity index (χ0) is 17.7. The molecule has 1 aliphatic heterocycles. The van der Waals surface area contributed by atoms with E-state index in [-0.39, 0.29) is 23.8 Å². The standard InChI is InChI=1S/C17H27N3O4/c1-4-5-13(11(2)19-12(3)21)9-20-10-14(8-15(20)17(22)23)16-18-6-7-24-16/h6-7,11,13-15H,4-5,8-10H2,1-3H3,(H,19,21)(H,22,23)/t11?,13?,14-,15-/m1/s1. The van der Waals surface area contributed by atoms with Crippen LogP contribution in [-0.4, -0.2) is 52.0 Å². The number of aromatic nitrogens is 1. The van der Waals surface area contributed by atoms with E-state index in [2.05, 4.69) is 17.2 Å². The van der Waals surface area contributed by atoms with Crippen molar-refractivity contribution < 1.29 is 19.1 Å². The van der Waals surface area contributed by atoms with Crippen LogP contribution in [-0.2, 0) is 9.59 Å². The summed E-state index contributed by atoms with van der Waals surface area (Å²) in [5.41, 5.74) is 0. The summed E-state index contributed by atoms with van der Waals surface area (Å²) in [5, 5.41) is 12.5.